The second-order valence-electron chi connectivity index (χ2n) is 3.43. The monoisotopic (exact) mass is 240 g/mol. The molecule has 17 heavy (non-hydrogen) atoms. The number of benzene rings is 1. The van der Waals surface area contributed by atoms with Gasteiger partial charge < -0.3 is 0 Å². The van der Waals surface area contributed by atoms with Gasteiger partial charge in [-0.25, -0.2) is 0 Å². The van der Waals surface area contributed by atoms with Gasteiger partial charge in [-0.3, -0.25) is 4.98 Å². The van der Waals surface area contributed by atoms with Crippen molar-refractivity contribution in [3.8, 4) is 6.07 Å². The second kappa shape index (κ2) is 5.29. The molecule has 0 unspecified atom stereocenters. The fourth-order valence-corrected chi connectivity index (χ4v) is 1.63. The van der Waals surface area contributed by atoms with Crippen LogP contribution in [0.5, 0.6) is 0 Å². The van der Waals surface area contributed by atoms with Gasteiger partial charge >= 0.3 is 0 Å². The zero-order valence-electron chi connectivity index (χ0n) is 8.97. The second-order valence-corrected chi connectivity index (χ2v) is 3.84. The summed E-state index contributed by atoms with van der Waals surface area (Å²) in [6.45, 7) is 0. The molecule has 0 saturated carbocycles. The highest BCUT2D eigenvalue weighted by atomic mass is 35.5. The number of aromatic nitrogens is 1. The Morgan fingerprint density at radius 1 is 1.12 bits per heavy atom. The van der Waals surface area contributed by atoms with Crippen molar-refractivity contribution >= 4 is 23.8 Å². The van der Waals surface area contributed by atoms with E-state index < -0.39 is 0 Å². The minimum Gasteiger partial charge on any atom is -0.263 e. The van der Waals surface area contributed by atoms with Gasteiger partial charge in [0.15, 0.2) is 0 Å². The van der Waals surface area contributed by atoms with Gasteiger partial charge in [0, 0.05) is 17.4 Å². The summed E-state index contributed by atoms with van der Waals surface area (Å²) in [6.07, 6.45) is 6.96. The Morgan fingerprint density at radius 3 is 2.65 bits per heavy atom. The van der Waals surface area contributed by atoms with Crippen LogP contribution in [0.25, 0.3) is 12.2 Å². The Morgan fingerprint density at radius 2 is 1.88 bits per heavy atom. The molecule has 2 rings (SSSR count). The standard InChI is InChI=1S/C14H9ClN2/c15-14-4-2-1-3-12(14)6-5-11-7-8-17-10-13(11)9-16/h1-8,10H. The van der Waals surface area contributed by atoms with Crippen LogP contribution in [-0.2, 0) is 0 Å². The fraction of sp³-hybridized carbons (Fsp3) is 0. The molecule has 3 heteroatoms. The molecular weight excluding hydrogens is 232 g/mol. The summed E-state index contributed by atoms with van der Waals surface area (Å²) in [5.41, 5.74) is 2.31. The van der Waals surface area contributed by atoms with Crippen LogP contribution in [0.4, 0.5) is 0 Å². The minimum absolute atomic E-state index is 0.552. The van der Waals surface area contributed by atoms with Gasteiger partial charge in [-0.15, -0.1) is 0 Å². The Balaban J connectivity index is 2.33. The fourth-order valence-electron chi connectivity index (χ4n) is 1.43. The smallest absolute Gasteiger partial charge is 0.101 e. The van der Waals surface area contributed by atoms with Crippen LogP contribution in [0.15, 0.2) is 42.7 Å². The highest BCUT2D eigenvalue weighted by molar-refractivity contribution is 6.32. The third-order valence-electron chi connectivity index (χ3n) is 2.32. The normalized spacial score (nSPS) is 10.4. The number of hydrogen-bond donors (Lipinski definition) is 0. The number of halogens is 1. The van der Waals surface area contributed by atoms with E-state index in [1.54, 1.807) is 18.5 Å². The lowest BCUT2D eigenvalue weighted by Crippen LogP contribution is -1.83. The predicted molar refractivity (Wildman–Crippen MR) is 69.3 cm³/mol. The number of rotatable bonds is 2. The molecule has 0 atom stereocenters. The van der Waals surface area contributed by atoms with Crippen molar-refractivity contribution in [2.75, 3.05) is 0 Å². The third kappa shape index (κ3) is 2.72. The summed E-state index contributed by atoms with van der Waals surface area (Å²) in [7, 11) is 0. The van der Waals surface area contributed by atoms with Gasteiger partial charge in [0.25, 0.3) is 0 Å². The van der Waals surface area contributed by atoms with E-state index in [0.717, 1.165) is 11.1 Å². The average molecular weight is 241 g/mol. The number of pyridine rings is 1. The zero-order valence-corrected chi connectivity index (χ0v) is 9.72. The molecule has 0 aliphatic heterocycles. The number of nitriles is 1. The lowest BCUT2D eigenvalue weighted by Gasteiger charge is -1.98. The highest BCUT2D eigenvalue weighted by Gasteiger charge is 1.98. The molecule has 82 valence electrons. The maximum atomic E-state index is 8.92. The topological polar surface area (TPSA) is 36.7 Å². The predicted octanol–water partition coefficient (Wildman–Crippen LogP) is 3.78. The first kappa shape index (κ1) is 11.4. The van der Waals surface area contributed by atoms with Crippen molar-refractivity contribution in [2.24, 2.45) is 0 Å². The molecule has 0 N–H and O–H groups in total. The summed E-state index contributed by atoms with van der Waals surface area (Å²) in [5.74, 6) is 0. The van der Waals surface area contributed by atoms with E-state index in [9.17, 15) is 0 Å². The first-order chi connectivity index (χ1) is 8.31. The Kier molecular flexibility index (Phi) is 3.54. The maximum absolute atomic E-state index is 8.92. The van der Waals surface area contributed by atoms with Crippen molar-refractivity contribution in [2.45, 2.75) is 0 Å². The van der Waals surface area contributed by atoms with Gasteiger partial charge in [-0.1, -0.05) is 42.0 Å². The van der Waals surface area contributed by atoms with Crippen LogP contribution < -0.4 is 0 Å². The van der Waals surface area contributed by atoms with Crippen LogP contribution in [0.3, 0.4) is 0 Å². The molecule has 0 spiro atoms. The molecule has 0 aliphatic rings. The van der Waals surface area contributed by atoms with E-state index in [1.165, 1.54) is 0 Å². The van der Waals surface area contributed by atoms with Crippen LogP contribution in [0.2, 0.25) is 5.02 Å². The summed E-state index contributed by atoms with van der Waals surface area (Å²) in [4.78, 5) is 3.91. The SMILES string of the molecule is N#Cc1cnccc1C=Cc1ccccc1Cl. The Labute approximate surface area is 105 Å². The van der Waals surface area contributed by atoms with E-state index in [1.807, 2.05) is 36.4 Å². The van der Waals surface area contributed by atoms with Crippen molar-refractivity contribution < 1.29 is 0 Å². The van der Waals surface area contributed by atoms with Gasteiger partial charge in [-0.05, 0) is 23.3 Å². The molecule has 0 saturated heterocycles. The van der Waals surface area contributed by atoms with E-state index >= 15 is 0 Å². The first-order valence-electron chi connectivity index (χ1n) is 5.08. The van der Waals surface area contributed by atoms with Gasteiger partial charge in [0.1, 0.15) is 6.07 Å². The first-order valence-corrected chi connectivity index (χ1v) is 5.46. The van der Waals surface area contributed by atoms with Gasteiger partial charge in [0.2, 0.25) is 0 Å². The van der Waals surface area contributed by atoms with Gasteiger partial charge in [-0.2, -0.15) is 5.26 Å². The van der Waals surface area contributed by atoms with E-state index in [-0.39, 0.29) is 0 Å². The Hall–Kier alpha value is -2.11. The maximum Gasteiger partial charge on any atom is 0.101 e. The summed E-state index contributed by atoms with van der Waals surface area (Å²) in [5, 5.41) is 9.61. The van der Waals surface area contributed by atoms with Crippen molar-refractivity contribution in [3.05, 3.63) is 64.4 Å². The van der Waals surface area contributed by atoms with Crippen LogP contribution in [-0.4, -0.2) is 4.98 Å². The Bertz CT molecular complexity index is 597. The summed E-state index contributed by atoms with van der Waals surface area (Å²) >= 11 is 6.04. The molecule has 0 aliphatic carbocycles. The average Bonchev–Trinajstić information content (AvgIpc) is 2.38. The summed E-state index contributed by atoms with van der Waals surface area (Å²) in [6, 6.07) is 11.5. The molecular formula is C14H9ClN2. The molecule has 1 heterocycles. The molecule has 0 amide bonds. The van der Waals surface area contributed by atoms with Crippen LogP contribution >= 0.6 is 11.6 Å². The largest absolute Gasteiger partial charge is 0.263 e. The number of nitrogens with zero attached hydrogens (tertiary/aromatic N) is 2. The van der Waals surface area contributed by atoms with Crippen LogP contribution in [0.1, 0.15) is 16.7 Å². The van der Waals surface area contributed by atoms with E-state index in [2.05, 4.69) is 11.1 Å². The quantitative estimate of drug-likeness (QED) is 0.801. The molecule has 0 radical (unpaired) electrons. The molecule has 0 fully saturated rings. The zero-order chi connectivity index (χ0) is 12.1. The van der Waals surface area contributed by atoms with Crippen molar-refractivity contribution in [3.63, 3.8) is 0 Å². The lowest BCUT2D eigenvalue weighted by molar-refractivity contribution is 1.29. The molecule has 2 aromatic rings. The van der Waals surface area contributed by atoms with Crippen LogP contribution in [0, 0.1) is 11.3 Å². The number of hydrogen-bond acceptors (Lipinski definition) is 2. The molecule has 2 nitrogen and oxygen atoms in total. The van der Waals surface area contributed by atoms with Gasteiger partial charge in [0.05, 0.1) is 5.56 Å². The van der Waals surface area contributed by atoms with Crippen molar-refractivity contribution in [1.82, 2.24) is 4.98 Å². The lowest BCUT2D eigenvalue weighted by atomic mass is 10.1. The van der Waals surface area contributed by atoms with Crippen molar-refractivity contribution in [1.29, 1.82) is 5.26 Å². The minimum atomic E-state index is 0.552. The molecule has 0 bridgehead atoms. The molecule has 1 aromatic heterocycles. The summed E-state index contributed by atoms with van der Waals surface area (Å²) < 4.78 is 0. The third-order valence-corrected chi connectivity index (χ3v) is 2.67. The highest BCUT2D eigenvalue weighted by Crippen LogP contribution is 2.18. The van der Waals surface area contributed by atoms with E-state index in [0.29, 0.717) is 10.6 Å². The van der Waals surface area contributed by atoms with E-state index in [4.69, 9.17) is 16.9 Å². The molecule has 1 aromatic carbocycles.